The Morgan fingerprint density at radius 3 is 2.33 bits per heavy atom. The number of amides is 1. The van der Waals surface area contributed by atoms with Gasteiger partial charge < -0.3 is 10.6 Å². The van der Waals surface area contributed by atoms with Gasteiger partial charge in [0.2, 0.25) is 11.8 Å². The average Bonchev–Trinajstić information content (AvgIpc) is 2.47. The van der Waals surface area contributed by atoms with Crippen LogP contribution in [0.5, 0.6) is 0 Å². The van der Waals surface area contributed by atoms with Gasteiger partial charge in [0.05, 0.1) is 0 Å². The normalized spacial score (nSPS) is 20.0. The molecule has 116 valence electrons. The third kappa shape index (κ3) is 4.24. The molecule has 2 N–H and O–H groups in total. The summed E-state index contributed by atoms with van der Waals surface area (Å²) in [5.41, 5.74) is 1.84. The van der Waals surface area contributed by atoms with E-state index in [1.807, 2.05) is 31.3 Å². The Morgan fingerprint density at radius 1 is 1.24 bits per heavy atom. The first-order valence-corrected chi connectivity index (χ1v) is 7.37. The standard InChI is InChI=1S/C16H22F2N2O/c1-11(19-2)12-3-5-14(6-4-12)20-15(21)13-7-9-16(17,18)10-8-13/h3-6,11,13,19H,7-10H2,1-2H3,(H,20,21). The summed E-state index contributed by atoms with van der Waals surface area (Å²) in [6.45, 7) is 2.05. The Balaban J connectivity index is 1.91. The monoisotopic (exact) mass is 296 g/mol. The molecular formula is C16H22F2N2O. The minimum Gasteiger partial charge on any atom is -0.326 e. The van der Waals surface area contributed by atoms with Crippen molar-refractivity contribution in [1.82, 2.24) is 5.32 Å². The van der Waals surface area contributed by atoms with Crippen LogP contribution < -0.4 is 10.6 Å². The van der Waals surface area contributed by atoms with E-state index in [1.54, 1.807) is 0 Å². The Labute approximate surface area is 124 Å². The summed E-state index contributed by atoms with van der Waals surface area (Å²) < 4.78 is 26.2. The van der Waals surface area contributed by atoms with E-state index in [0.29, 0.717) is 5.69 Å². The Morgan fingerprint density at radius 2 is 1.81 bits per heavy atom. The summed E-state index contributed by atoms with van der Waals surface area (Å²) in [4.78, 5) is 12.1. The molecule has 1 unspecified atom stereocenters. The molecule has 1 aliphatic carbocycles. The van der Waals surface area contributed by atoms with Crippen LogP contribution >= 0.6 is 0 Å². The lowest BCUT2D eigenvalue weighted by molar-refractivity contribution is -0.124. The SMILES string of the molecule is CNC(C)c1ccc(NC(=O)C2CCC(F)(F)CC2)cc1. The summed E-state index contributed by atoms with van der Waals surface area (Å²) in [7, 11) is 1.89. The molecule has 1 aromatic carbocycles. The van der Waals surface area contributed by atoms with Crippen molar-refractivity contribution in [3.05, 3.63) is 29.8 Å². The molecule has 0 aliphatic heterocycles. The quantitative estimate of drug-likeness (QED) is 0.889. The number of hydrogen-bond acceptors (Lipinski definition) is 2. The lowest BCUT2D eigenvalue weighted by Gasteiger charge is -2.27. The molecule has 1 atom stereocenters. The summed E-state index contributed by atoms with van der Waals surface area (Å²) in [6.07, 6.45) is 0.134. The van der Waals surface area contributed by atoms with E-state index < -0.39 is 5.92 Å². The lowest BCUT2D eigenvalue weighted by Crippen LogP contribution is -2.31. The number of rotatable bonds is 4. The summed E-state index contributed by atoms with van der Waals surface area (Å²) in [5.74, 6) is -3.05. The topological polar surface area (TPSA) is 41.1 Å². The molecule has 1 aliphatic rings. The number of hydrogen-bond donors (Lipinski definition) is 2. The van der Waals surface area contributed by atoms with E-state index in [-0.39, 0.29) is 43.6 Å². The number of alkyl halides is 2. The predicted molar refractivity (Wildman–Crippen MR) is 79.5 cm³/mol. The molecular weight excluding hydrogens is 274 g/mol. The third-order valence-corrected chi connectivity index (χ3v) is 4.20. The Hall–Kier alpha value is -1.49. The molecule has 1 saturated carbocycles. The summed E-state index contributed by atoms with van der Waals surface area (Å²) in [5, 5.41) is 5.96. The Bertz CT molecular complexity index is 478. The van der Waals surface area contributed by atoms with Gasteiger partial charge in [-0.05, 0) is 44.5 Å². The van der Waals surface area contributed by atoms with Crippen molar-refractivity contribution in [2.45, 2.75) is 44.6 Å². The zero-order valence-electron chi connectivity index (χ0n) is 12.5. The van der Waals surface area contributed by atoms with Crippen LogP contribution in [0.3, 0.4) is 0 Å². The average molecular weight is 296 g/mol. The van der Waals surface area contributed by atoms with Crippen molar-refractivity contribution in [3.8, 4) is 0 Å². The number of nitrogens with one attached hydrogen (secondary N) is 2. The van der Waals surface area contributed by atoms with E-state index >= 15 is 0 Å². The zero-order chi connectivity index (χ0) is 15.5. The molecule has 1 amide bonds. The van der Waals surface area contributed by atoms with E-state index in [2.05, 4.69) is 17.6 Å². The number of halogens is 2. The van der Waals surface area contributed by atoms with Gasteiger partial charge in [-0.2, -0.15) is 0 Å². The first-order valence-electron chi connectivity index (χ1n) is 7.37. The molecule has 2 rings (SSSR count). The second-order valence-corrected chi connectivity index (χ2v) is 5.75. The first kappa shape index (κ1) is 15.9. The molecule has 0 spiro atoms. The maximum atomic E-state index is 13.1. The van der Waals surface area contributed by atoms with Crippen LogP contribution in [0.2, 0.25) is 0 Å². The maximum absolute atomic E-state index is 13.1. The van der Waals surface area contributed by atoms with Crippen molar-refractivity contribution in [1.29, 1.82) is 0 Å². The molecule has 0 aromatic heterocycles. The number of carbonyl (C=O) groups is 1. The van der Waals surface area contributed by atoms with Crippen molar-refractivity contribution in [2.75, 3.05) is 12.4 Å². The number of carbonyl (C=O) groups excluding carboxylic acids is 1. The van der Waals surface area contributed by atoms with Gasteiger partial charge in [-0.3, -0.25) is 4.79 Å². The lowest BCUT2D eigenvalue weighted by atomic mass is 9.86. The van der Waals surface area contributed by atoms with Gasteiger partial charge in [-0.15, -0.1) is 0 Å². The minimum atomic E-state index is -2.60. The van der Waals surface area contributed by atoms with E-state index in [4.69, 9.17) is 0 Å². The highest BCUT2D eigenvalue weighted by molar-refractivity contribution is 5.92. The van der Waals surface area contributed by atoms with Gasteiger partial charge >= 0.3 is 0 Å². The molecule has 0 radical (unpaired) electrons. The highest BCUT2D eigenvalue weighted by atomic mass is 19.3. The van der Waals surface area contributed by atoms with Gasteiger partial charge in [-0.25, -0.2) is 8.78 Å². The van der Waals surface area contributed by atoms with E-state index in [9.17, 15) is 13.6 Å². The van der Waals surface area contributed by atoms with Crippen molar-refractivity contribution < 1.29 is 13.6 Å². The van der Waals surface area contributed by atoms with Crippen molar-refractivity contribution in [2.24, 2.45) is 5.92 Å². The van der Waals surface area contributed by atoms with Gasteiger partial charge in [-0.1, -0.05) is 12.1 Å². The van der Waals surface area contributed by atoms with Crippen LogP contribution in [-0.2, 0) is 4.79 Å². The minimum absolute atomic E-state index is 0.153. The highest BCUT2D eigenvalue weighted by Gasteiger charge is 2.37. The second-order valence-electron chi connectivity index (χ2n) is 5.75. The van der Waals surface area contributed by atoms with Gasteiger partial charge in [0, 0.05) is 30.5 Å². The Kier molecular flexibility index (Phi) is 4.93. The zero-order valence-corrected chi connectivity index (χ0v) is 12.5. The molecule has 0 bridgehead atoms. The maximum Gasteiger partial charge on any atom is 0.248 e. The molecule has 1 fully saturated rings. The second kappa shape index (κ2) is 6.52. The smallest absolute Gasteiger partial charge is 0.248 e. The molecule has 21 heavy (non-hydrogen) atoms. The first-order chi connectivity index (χ1) is 9.91. The van der Waals surface area contributed by atoms with Crippen molar-refractivity contribution in [3.63, 3.8) is 0 Å². The molecule has 0 saturated heterocycles. The third-order valence-electron chi connectivity index (χ3n) is 4.20. The van der Waals surface area contributed by atoms with Gasteiger partial charge in [0.25, 0.3) is 0 Å². The van der Waals surface area contributed by atoms with E-state index in [0.717, 1.165) is 5.56 Å². The van der Waals surface area contributed by atoms with Crippen LogP contribution in [0.15, 0.2) is 24.3 Å². The van der Waals surface area contributed by atoms with Gasteiger partial charge in [0.1, 0.15) is 0 Å². The molecule has 1 aromatic rings. The molecule has 0 heterocycles. The number of benzene rings is 1. The van der Waals surface area contributed by atoms with Crippen LogP contribution in [0.25, 0.3) is 0 Å². The fraction of sp³-hybridized carbons (Fsp3) is 0.562. The molecule has 3 nitrogen and oxygen atoms in total. The van der Waals surface area contributed by atoms with E-state index in [1.165, 1.54) is 0 Å². The van der Waals surface area contributed by atoms with Crippen LogP contribution in [0, 0.1) is 5.92 Å². The molecule has 5 heteroatoms. The summed E-state index contributed by atoms with van der Waals surface area (Å²) in [6, 6.07) is 7.84. The fourth-order valence-corrected chi connectivity index (χ4v) is 2.57. The largest absolute Gasteiger partial charge is 0.326 e. The van der Waals surface area contributed by atoms with Crippen LogP contribution in [0.4, 0.5) is 14.5 Å². The van der Waals surface area contributed by atoms with Gasteiger partial charge in [0.15, 0.2) is 0 Å². The highest BCUT2D eigenvalue weighted by Crippen LogP contribution is 2.36. The number of anilines is 1. The fourth-order valence-electron chi connectivity index (χ4n) is 2.57. The van der Waals surface area contributed by atoms with Crippen LogP contribution in [0.1, 0.15) is 44.2 Å². The van der Waals surface area contributed by atoms with Crippen LogP contribution in [-0.4, -0.2) is 18.9 Å². The predicted octanol–water partition coefficient (Wildman–Crippen LogP) is 3.73. The van der Waals surface area contributed by atoms with Crippen molar-refractivity contribution >= 4 is 11.6 Å². The summed E-state index contributed by atoms with van der Waals surface area (Å²) >= 11 is 0.